The van der Waals surface area contributed by atoms with Crippen molar-refractivity contribution in [1.29, 1.82) is 0 Å². The minimum atomic E-state index is -0.823. The Labute approximate surface area is 423 Å². The number of ether oxygens (including phenoxy) is 3. The lowest BCUT2D eigenvalue weighted by Crippen LogP contribution is -2.30. The molecule has 1 atom stereocenters. The summed E-state index contributed by atoms with van der Waals surface area (Å²) in [6.45, 7) is 6.18. The molecule has 0 heterocycles. The second-order valence-electron chi connectivity index (χ2n) is 17.5. The molecule has 1 unspecified atom stereocenters. The smallest absolute Gasteiger partial charge is 0.306 e. The van der Waals surface area contributed by atoms with Crippen LogP contribution in [-0.4, -0.2) is 37.2 Å². The van der Waals surface area contributed by atoms with E-state index >= 15 is 0 Å². The van der Waals surface area contributed by atoms with E-state index < -0.39 is 6.10 Å². The predicted molar refractivity (Wildman–Crippen MR) is 297 cm³/mol. The molecule has 0 saturated carbocycles. The minimum absolute atomic E-state index is 0.116. The van der Waals surface area contributed by atoms with Gasteiger partial charge in [0.1, 0.15) is 13.2 Å². The Morgan fingerprint density at radius 1 is 0.304 bits per heavy atom. The summed E-state index contributed by atoms with van der Waals surface area (Å²) >= 11 is 0. The molecule has 0 amide bonds. The number of allylic oxidation sites excluding steroid dienone is 24. The van der Waals surface area contributed by atoms with E-state index in [1.165, 1.54) is 51.4 Å². The molecule has 0 aliphatic rings. The molecule has 0 aromatic heterocycles. The molecule has 6 heteroatoms. The summed E-state index contributed by atoms with van der Waals surface area (Å²) in [6.07, 6.45) is 79.8. The van der Waals surface area contributed by atoms with E-state index in [-0.39, 0.29) is 37.5 Å². The lowest BCUT2D eigenvalue weighted by molar-refractivity contribution is -0.167. The highest BCUT2D eigenvalue weighted by Crippen LogP contribution is 2.14. The number of carbonyl (C=O) groups is 3. The van der Waals surface area contributed by atoms with E-state index in [4.69, 9.17) is 14.2 Å². The molecule has 0 N–H and O–H groups in total. The molecular weight excluding hydrogens is 853 g/mol. The first-order chi connectivity index (χ1) is 34.0. The quantitative estimate of drug-likeness (QED) is 0.0199. The van der Waals surface area contributed by atoms with Gasteiger partial charge in [-0.05, 0) is 103 Å². The molecule has 0 aromatic rings. The molecule has 0 rings (SSSR count). The molecule has 6 nitrogen and oxygen atoms in total. The van der Waals surface area contributed by atoms with E-state index in [0.29, 0.717) is 19.3 Å². The predicted octanol–water partition coefficient (Wildman–Crippen LogP) is 18.4. The number of hydrogen-bond donors (Lipinski definition) is 0. The first-order valence-electron chi connectivity index (χ1n) is 27.4. The molecule has 0 fully saturated rings. The molecular formula is C63H98O6. The zero-order chi connectivity index (χ0) is 50.0. The molecule has 386 valence electrons. The van der Waals surface area contributed by atoms with E-state index in [9.17, 15) is 14.4 Å². The van der Waals surface area contributed by atoms with Gasteiger partial charge >= 0.3 is 17.9 Å². The molecule has 0 aliphatic heterocycles. The van der Waals surface area contributed by atoms with Crippen molar-refractivity contribution >= 4 is 17.9 Å². The lowest BCUT2D eigenvalue weighted by atomic mass is 10.1. The molecule has 0 aromatic carbocycles. The number of esters is 3. The highest BCUT2D eigenvalue weighted by Gasteiger charge is 2.19. The van der Waals surface area contributed by atoms with E-state index in [2.05, 4.69) is 112 Å². The fourth-order valence-electron chi connectivity index (χ4n) is 6.95. The van der Waals surface area contributed by atoms with Gasteiger partial charge in [-0.1, -0.05) is 237 Å². The van der Waals surface area contributed by atoms with Crippen LogP contribution in [0.5, 0.6) is 0 Å². The van der Waals surface area contributed by atoms with Crippen LogP contribution in [0.2, 0.25) is 0 Å². The zero-order valence-electron chi connectivity index (χ0n) is 44.0. The van der Waals surface area contributed by atoms with Gasteiger partial charge in [-0.15, -0.1) is 0 Å². The van der Waals surface area contributed by atoms with Gasteiger partial charge in [-0.2, -0.15) is 0 Å². The third kappa shape index (κ3) is 54.1. The topological polar surface area (TPSA) is 78.9 Å². The van der Waals surface area contributed by atoms with Crippen LogP contribution in [0.3, 0.4) is 0 Å². The largest absolute Gasteiger partial charge is 0.462 e. The van der Waals surface area contributed by atoms with Crippen LogP contribution in [0.4, 0.5) is 0 Å². The molecule has 0 aliphatic carbocycles. The van der Waals surface area contributed by atoms with Crippen LogP contribution >= 0.6 is 0 Å². The number of rotatable bonds is 47. The van der Waals surface area contributed by atoms with Crippen molar-refractivity contribution in [3.8, 4) is 0 Å². The van der Waals surface area contributed by atoms with Crippen molar-refractivity contribution in [3.05, 3.63) is 146 Å². The lowest BCUT2D eigenvalue weighted by Gasteiger charge is -2.18. The van der Waals surface area contributed by atoms with Gasteiger partial charge in [0, 0.05) is 19.3 Å². The third-order valence-electron chi connectivity index (χ3n) is 10.9. The summed E-state index contributed by atoms with van der Waals surface area (Å²) < 4.78 is 16.8. The SMILES string of the molecule is CC/C=C/C=C/C=C/C=C/C=C/CCCC(=O)OCC(COC(=O)CCCCCCCC/C=C/C/C=C/C/C=C/C/C=C/CC)OC(=O)CCCCCCCCCCC/C=C/C/C=C/C/C=C/CC. The molecule has 69 heavy (non-hydrogen) atoms. The maximum Gasteiger partial charge on any atom is 0.306 e. The molecule has 0 spiro atoms. The Balaban J connectivity index is 4.50. The Morgan fingerprint density at radius 2 is 0.609 bits per heavy atom. The Morgan fingerprint density at radius 3 is 1.03 bits per heavy atom. The Hall–Kier alpha value is -4.71. The maximum atomic E-state index is 12.8. The summed E-state index contributed by atoms with van der Waals surface area (Å²) in [4.78, 5) is 38.1. The number of hydrogen-bond acceptors (Lipinski definition) is 6. The van der Waals surface area contributed by atoms with Crippen molar-refractivity contribution in [2.75, 3.05) is 13.2 Å². The maximum absolute atomic E-state index is 12.8. The summed E-state index contributed by atoms with van der Waals surface area (Å²) in [6, 6.07) is 0. The van der Waals surface area contributed by atoms with Crippen molar-refractivity contribution in [2.24, 2.45) is 0 Å². The van der Waals surface area contributed by atoms with Crippen molar-refractivity contribution in [1.82, 2.24) is 0 Å². The van der Waals surface area contributed by atoms with Gasteiger partial charge < -0.3 is 14.2 Å². The van der Waals surface area contributed by atoms with Gasteiger partial charge in [0.25, 0.3) is 0 Å². The molecule has 0 radical (unpaired) electrons. The third-order valence-corrected chi connectivity index (χ3v) is 10.9. The van der Waals surface area contributed by atoms with Gasteiger partial charge in [0.05, 0.1) is 0 Å². The normalized spacial score (nSPS) is 13.3. The highest BCUT2D eigenvalue weighted by molar-refractivity contribution is 5.71. The van der Waals surface area contributed by atoms with Gasteiger partial charge in [-0.3, -0.25) is 14.4 Å². The summed E-state index contributed by atoms with van der Waals surface area (Å²) in [5.74, 6) is -1.02. The minimum Gasteiger partial charge on any atom is -0.462 e. The Kier molecular flexibility index (Phi) is 52.1. The van der Waals surface area contributed by atoms with Gasteiger partial charge in [-0.25, -0.2) is 0 Å². The Bertz CT molecular complexity index is 1560. The fraction of sp³-hybridized carbons (Fsp3) is 0.571. The monoisotopic (exact) mass is 951 g/mol. The zero-order valence-corrected chi connectivity index (χ0v) is 44.0. The second kappa shape index (κ2) is 55.9. The van der Waals surface area contributed by atoms with E-state index in [1.807, 2.05) is 54.7 Å². The van der Waals surface area contributed by atoms with Crippen LogP contribution in [0.25, 0.3) is 0 Å². The first-order valence-corrected chi connectivity index (χ1v) is 27.4. The standard InChI is InChI=1S/C63H98O6/c1-4-7-10-13-16-19-22-25-27-29-31-33-35-38-41-44-47-50-53-56-62(65)68-59-60(58-67-61(64)55-52-49-46-43-40-37-24-21-18-15-12-9-6-3)69-63(66)57-54-51-48-45-42-39-36-34-32-30-28-26-23-20-17-14-11-8-5-2/h7-12,15-21,24-28,31,33,37,40,43,46,60H,4-6,13-14,22-23,29-30,32,34-36,38-39,41-42,44-45,47-59H2,1-3H3/b10-7+,11-8+,12-9+,18-15+,19-16+,20-17+,24-21+,27-25+,28-26+,33-31+,40-37+,46-43+. The van der Waals surface area contributed by atoms with E-state index in [1.54, 1.807) is 0 Å². The number of unbranched alkanes of at least 4 members (excludes halogenated alkanes) is 16. The average molecular weight is 951 g/mol. The van der Waals surface area contributed by atoms with Gasteiger partial charge in [0.2, 0.25) is 0 Å². The van der Waals surface area contributed by atoms with Gasteiger partial charge in [0.15, 0.2) is 6.10 Å². The summed E-state index contributed by atoms with van der Waals surface area (Å²) in [5.41, 5.74) is 0. The number of carbonyl (C=O) groups excluding carboxylic acids is 3. The van der Waals surface area contributed by atoms with Crippen molar-refractivity contribution in [2.45, 2.75) is 219 Å². The van der Waals surface area contributed by atoms with Crippen LogP contribution in [-0.2, 0) is 28.6 Å². The molecule has 0 saturated heterocycles. The van der Waals surface area contributed by atoms with Crippen LogP contribution < -0.4 is 0 Å². The highest BCUT2D eigenvalue weighted by atomic mass is 16.6. The van der Waals surface area contributed by atoms with E-state index in [0.717, 1.165) is 116 Å². The van der Waals surface area contributed by atoms with Crippen molar-refractivity contribution in [3.63, 3.8) is 0 Å². The first kappa shape index (κ1) is 64.3. The van der Waals surface area contributed by atoms with Crippen molar-refractivity contribution < 1.29 is 28.6 Å². The molecule has 0 bridgehead atoms. The van der Waals surface area contributed by atoms with Crippen LogP contribution in [0, 0.1) is 0 Å². The average Bonchev–Trinajstić information content (AvgIpc) is 3.35. The fourth-order valence-corrected chi connectivity index (χ4v) is 6.95. The second-order valence-corrected chi connectivity index (χ2v) is 17.5. The summed E-state index contributed by atoms with van der Waals surface area (Å²) in [5, 5.41) is 0. The van der Waals surface area contributed by atoms with Crippen LogP contribution in [0.1, 0.15) is 213 Å². The summed E-state index contributed by atoms with van der Waals surface area (Å²) in [7, 11) is 0. The van der Waals surface area contributed by atoms with Crippen LogP contribution in [0.15, 0.2) is 146 Å².